The lowest BCUT2D eigenvalue weighted by atomic mass is 10.1. The molecule has 1 aliphatic rings. The van der Waals surface area contributed by atoms with Crippen LogP contribution in [0.4, 0.5) is 5.69 Å². The molecule has 3 rings (SSSR count). The quantitative estimate of drug-likeness (QED) is 0.590. The zero-order valence-electron chi connectivity index (χ0n) is 20.3. The summed E-state index contributed by atoms with van der Waals surface area (Å²) in [5, 5.41) is 2.71. The van der Waals surface area contributed by atoms with E-state index in [1.807, 2.05) is 19.9 Å². The van der Waals surface area contributed by atoms with Gasteiger partial charge in [0.15, 0.2) is 6.10 Å². The summed E-state index contributed by atoms with van der Waals surface area (Å²) in [6.45, 7) is 7.38. The van der Waals surface area contributed by atoms with Gasteiger partial charge in [-0.15, -0.1) is 0 Å². The van der Waals surface area contributed by atoms with Gasteiger partial charge in [-0.05, 0) is 75.9 Å². The van der Waals surface area contributed by atoms with Crippen molar-refractivity contribution in [3.63, 3.8) is 0 Å². The Hall–Kier alpha value is -2.91. The number of carbonyl (C=O) groups excluding carboxylic acids is 2. The second-order valence-electron chi connectivity index (χ2n) is 8.68. The van der Waals surface area contributed by atoms with Gasteiger partial charge in [0.2, 0.25) is 10.0 Å². The molecule has 0 spiro atoms. The molecular weight excluding hydrogens is 456 g/mol. The van der Waals surface area contributed by atoms with Crippen molar-refractivity contribution >= 4 is 27.6 Å². The average Bonchev–Trinajstić information content (AvgIpc) is 2.79. The number of carbonyl (C=O) groups is 2. The van der Waals surface area contributed by atoms with Gasteiger partial charge in [0, 0.05) is 12.6 Å². The Morgan fingerprint density at radius 3 is 2.53 bits per heavy atom. The van der Waals surface area contributed by atoms with Gasteiger partial charge in [-0.25, -0.2) is 13.2 Å². The van der Waals surface area contributed by atoms with E-state index in [2.05, 4.69) is 5.32 Å². The highest BCUT2D eigenvalue weighted by Crippen LogP contribution is 2.28. The molecule has 1 fully saturated rings. The minimum atomic E-state index is -3.75. The lowest BCUT2D eigenvalue weighted by Crippen LogP contribution is -2.42. The first-order valence-corrected chi connectivity index (χ1v) is 12.8. The van der Waals surface area contributed by atoms with E-state index < -0.39 is 28.0 Å². The first kappa shape index (κ1) is 25.7. The van der Waals surface area contributed by atoms with Gasteiger partial charge in [-0.2, -0.15) is 4.31 Å². The molecule has 1 N–H and O–H groups in total. The molecule has 1 aliphatic heterocycles. The van der Waals surface area contributed by atoms with E-state index in [0.717, 1.165) is 24.8 Å². The number of piperidine rings is 1. The number of hydrogen-bond acceptors (Lipinski definition) is 6. The van der Waals surface area contributed by atoms with Crippen molar-refractivity contribution in [3.8, 4) is 5.75 Å². The second-order valence-corrected chi connectivity index (χ2v) is 10.6. The minimum Gasteiger partial charge on any atom is -0.495 e. The number of nitrogens with one attached hydrogen (secondary N) is 1. The molecule has 9 heteroatoms. The van der Waals surface area contributed by atoms with Crippen LogP contribution in [0, 0.1) is 13.8 Å². The number of methoxy groups -OCH3 is 1. The molecule has 2 unspecified atom stereocenters. The fourth-order valence-electron chi connectivity index (χ4n) is 3.98. The Balaban J connectivity index is 1.77. The molecule has 2 atom stereocenters. The lowest BCUT2D eigenvalue weighted by molar-refractivity contribution is -0.123. The molecule has 0 saturated carbocycles. The fourth-order valence-corrected chi connectivity index (χ4v) is 5.70. The highest BCUT2D eigenvalue weighted by atomic mass is 32.2. The molecule has 34 heavy (non-hydrogen) atoms. The Labute approximate surface area is 201 Å². The van der Waals surface area contributed by atoms with Crippen LogP contribution in [0.15, 0.2) is 41.3 Å². The predicted molar refractivity (Wildman–Crippen MR) is 130 cm³/mol. The van der Waals surface area contributed by atoms with Crippen LogP contribution in [0.25, 0.3) is 0 Å². The zero-order valence-corrected chi connectivity index (χ0v) is 21.1. The van der Waals surface area contributed by atoms with Gasteiger partial charge in [-0.1, -0.05) is 18.6 Å². The summed E-state index contributed by atoms with van der Waals surface area (Å²) in [6.07, 6.45) is 1.49. The number of anilines is 1. The largest absolute Gasteiger partial charge is 0.495 e. The van der Waals surface area contributed by atoms with Gasteiger partial charge in [0.05, 0.1) is 23.3 Å². The maximum atomic E-state index is 13.2. The standard InChI is InChI=1S/C25H32N2O6S/c1-16-9-12-23(32-5)22(14-16)26-24(28)19(4)33-25(29)21-15-20(11-10-17(21)2)34(30,31)27-13-7-6-8-18(27)3/h9-12,14-15,18-19H,6-8,13H2,1-5H3,(H,26,28). The van der Waals surface area contributed by atoms with Crippen LogP contribution in [0.2, 0.25) is 0 Å². The van der Waals surface area contributed by atoms with E-state index in [0.29, 0.717) is 23.5 Å². The third kappa shape index (κ3) is 5.59. The molecule has 2 aromatic rings. The van der Waals surface area contributed by atoms with Crippen molar-refractivity contribution in [3.05, 3.63) is 53.1 Å². The van der Waals surface area contributed by atoms with Crippen LogP contribution in [0.3, 0.4) is 0 Å². The third-order valence-electron chi connectivity index (χ3n) is 6.04. The maximum Gasteiger partial charge on any atom is 0.339 e. The molecule has 0 aromatic heterocycles. The second kappa shape index (κ2) is 10.6. The van der Waals surface area contributed by atoms with Crippen molar-refractivity contribution in [2.75, 3.05) is 19.0 Å². The summed E-state index contributed by atoms with van der Waals surface area (Å²) in [4.78, 5) is 25.6. The molecule has 184 valence electrons. The van der Waals surface area contributed by atoms with E-state index in [9.17, 15) is 18.0 Å². The van der Waals surface area contributed by atoms with Crippen LogP contribution in [0.5, 0.6) is 5.75 Å². The number of sulfonamides is 1. The van der Waals surface area contributed by atoms with E-state index in [4.69, 9.17) is 9.47 Å². The van der Waals surface area contributed by atoms with Crippen molar-refractivity contribution in [2.45, 2.75) is 64.0 Å². The van der Waals surface area contributed by atoms with Crippen LogP contribution < -0.4 is 10.1 Å². The van der Waals surface area contributed by atoms with Crippen LogP contribution >= 0.6 is 0 Å². The third-order valence-corrected chi connectivity index (χ3v) is 8.05. The summed E-state index contributed by atoms with van der Waals surface area (Å²) in [5.74, 6) is -0.806. The summed E-state index contributed by atoms with van der Waals surface area (Å²) in [6, 6.07) is 9.67. The van der Waals surface area contributed by atoms with Gasteiger partial charge in [0.1, 0.15) is 5.75 Å². The highest BCUT2D eigenvalue weighted by molar-refractivity contribution is 7.89. The normalized spacial score (nSPS) is 17.6. The molecule has 2 aromatic carbocycles. The Bertz CT molecular complexity index is 1180. The molecule has 1 amide bonds. The number of amides is 1. The van der Waals surface area contributed by atoms with Crippen molar-refractivity contribution in [2.24, 2.45) is 0 Å². The van der Waals surface area contributed by atoms with Gasteiger partial charge < -0.3 is 14.8 Å². The summed E-state index contributed by atoms with van der Waals surface area (Å²) in [5.41, 5.74) is 2.06. The van der Waals surface area contributed by atoms with Crippen LogP contribution in [-0.2, 0) is 19.6 Å². The molecule has 8 nitrogen and oxygen atoms in total. The average molecular weight is 489 g/mol. The van der Waals surface area contributed by atoms with E-state index in [-0.39, 0.29) is 16.5 Å². The molecule has 1 saturated heterocycles. The molecular formula is C25H32N2O6S. The molecule has 0 radical (unpaired) electrons. The van der Waals surface area contributed by atoms with E-state index in [1.165, 1.54) is 30.5 Å². The van der Waals surface area contributed by atoms with E-state index >= 15 is 0 Å². The van der Waals surface area contributed by atoms with Gasteiger partial charge >= 0.3 is 5.97 Å². The fraction of sp³-hybridized carbons (Fsp3) is 0.440. The topological polar surface area (TPSA) is 102 Å². The Morgan fingerprint density at radius 1 is 1.12 bits per heavy atom. The van der Waals surface area contributed by atoms with Crippen molar-refractivity contribution in [1.82, 2.24) is 4.31 Å². The summed E-state index contributed by atoms with van der Waals surface area (Å²) >= 11 is 0. The lowest BCUT2D eigenvalue weighted by Gasteiger charge is -2.32. The SMILES string of the molecule is COc1ccc(C)cc1NC(=O)C(C)OC(=O)c1cc(S(=O)(=O)N2CCCCC2C)ccc1C. The monoisotopic (exact) mass is 488 g/mol. The number of benzene rings is 2. The van der Waals surface area contributed by atoms with Crippen molar-refractivity contribution < 1.29 is 27.5 Å². The number of ether oxygens (including phenoxy) is 2. The zero-order chi connectivity index (χ0) is 25.0. The molecule has 0 bridgehead atoms. The van der Waals surface area contributed by atoms with E-state index in [1.54, 1.807) is 25.1 Å². The van der Waals surface area contributed by atoms with Crippen LogP contribution in [0.1, 0.15) is 54.6 Å². The smallest absolute Gasteiger partial charge is 0.339 e. The number of esters is 1. The predicted octanol–water partition coefficient (Wildman–Crippen LogP) is 4.06. The Morgan fingerprint density at radius 2 is 1.85 bits per heavy atom. The highest BCUT2D eigenvalue weighted by Gasteiger charge is 2.32. The summed E-state index contributed by atoms with van der Waals surface area (Å²) < 4.78 is 38.5. The molecule has 0 aliphatic carbocycles. The van der Waals surface area contributed by atoms with Crippen molar-refractivity contribution in [1.29, 1.82) is 0 Å². The summed E-state index contributed by atoms with van der Waals surface area (Å²) in [7, 11) is -2.25. The van der Waals surface area contributed by atoms with Crippen LogP contribution in [-0.4, -0.2) is 50.4 Å². The minimum absolute atomic E-state index is 0.0420. The first-order chi connectivity index (χ1) is 16.0. The number of aryl methyl sites for hydroxylation is 2. The first-order valence-electron chi connectivity index (χ1n) is 11.3. The van der Waals surface area contributed by atoms with Gasteiger partial charge in [-0.3, -0.25) is 4.79 Å². The molecule has 1 heterocycles. The maximum absolute atomic E-state index is 13.2. The number of hydrogen-bond donors (Lipinski definition) is 1. The van der Waals surface area contributed by atoms with Gasteiger partial charge in [0.25, 0.3) is 5.91 Å². The Kier molecular flexibility index (Phi) is 7.99. The number of nitrogens with zero attached hydrogens (tertiary/aromatic N) is 1. The number of rotatable bonds is 7.